The Hall–Kier alpha value is -0.340. The molecule has 1 aromatic carbocycles. The summed E-state index contributed by atoms with van der Waals surface area (Å²) in [5.41, 5.74) is 1.66. The Morgan fingerprint density at radius 3 is 2.29 bits per heavy atom. The minimum atomic E-state index is 0.233. The summed E-state index contributed by atoms with van der Waals surface area (Å²) in [6.45, 7) is 10.1. The van der Waals surface area contributed by atoms with Crippen LogP contribution in [-0.2, 0) is 6.42 Å². The third kappa shape index (κ3) is 6.85. The fraction of sp³-hybridized carbons (Fsp3) is 0.600. The number of rotatable bonds is 5. The molecule has 1 N–H and O–H groups in total. The van der Waals surface area contributed by atoms with Gasteiger partial charge in [-0.2, -0.15) is 0 Å². The van der Waals surface area contributed by atoms with Gasteiger partial charge in [0.2, 0.25) is 0 Å². The summed E-state index contributed by atoms with van der Waals surface area (Å²) in [6, 6.07) is 8.65. The predicted molar refractivity (Wildman–Crippen MR) is 79.4 cm³/mol. The van der Waals surface area contributed by atoms with Crippen molar-refractivity contribution in [3.05, 3.63) is 34.3 Å². The zero-order valence-electron chi connectivity index (χ0n) is 11.4. The Balaban J connectivity index is 2.30. The normalized spacial score (nSPS) is 13.7. The fourth-order valence-electron chi connectivity index (χ4n) is 1.82. The molecule has 0 saturated heterocycles. The lowest BCUT2D eigenvalue weighted by atomic mass is 9.97. The van der Waals surface area contributed by atoms with Crippen LogP contribution in [0.3, 0.4) is 0 Å². The molecule has 0 amide bonds. The van der Waals surface area contributed by atoms with Crippen LogP contribution in [0.25, 0.3) is 0 Å². The lowest BCUT2D eigenvalue weighted by Gasteiger charge is -2.22. The van der Waals surface area contributed by atoms with Crippen molar-refractivity contribution in [1.29, 1.82) is 0 Å². The average Bonchev–Trinajstić information content (AvgIpc) is 2.19. The van der Waals surface area contributed by atoms with Crippen molar-refractivity contribution in [2.45, 2.75) is 46.1 Å². The first-order valence-corrected chi connectivity index (χ1v) is 7.15. The molecule has 1 unspecified atom stereocenters. The Bertz CT molecular complexity index is 324. The van der Waals surface area contributed by atoms with Gasteiger partial charge in [0.05, 0.1) is 0 Å². The highest BCUT2D eigenvalue weighted by Gasteiger charge is 2.09. The van der Waals surface area contributed by atoms with E-state index in [1.54, 1.807) is 0 Å². The highest BCUT2D eigenvalue weighted by Crippen LogP contribution is 2.15. The van der Waals surface area contributed by atoms with Crippen molar-refractivity contribution in [1.82, 2.24) is 5.32 Å². The molecule has 0 fully saturated rings. The van der Waals surface area contributed by atoms with E-state index in [9.17, 15) is 0 Å². The molecule has 17 heavy (non-hydrogen) atoms. The van der Waals surface area contributed by atoms with E-state index in [4.69, 9.17) is 0 Å². The smallest absolute Gasteiger partial charge is 0.0175 e. The van der Waals surface area contributed by atoms with E-state index in [1.165, 1.54) is 18.4 Å². The fourth-order valence-corrected chi connectivity index (χ4v) is 2.08. The molecular weight excluding hydrogens is 274 g/mol. The van der Waals surface area contributed by atoms with Gasteiger partial charge in [0.1, 0.15) is 0 Å². The molecule has 0 radical (unpaired) electrons. The van der Waals surface area contributed by atoms with Gasteiger partial charge in [-0.05, 0) is 63.8 Å². The summed E-state index contributed by atoms with van der Waals surface area (Å²) in [4.78, 5) is 0. The van der Waals surface area contributed by atoms with E-state index >= 15 is 0 Å². The number of halogens is 1. The topological polar surface area (TPSA) is 12.0 Å². The van der Waals surface area contributed by atoms with E-state index in [-0.39, 0.29) is 5.54 Å². The van der Waals surface area contributed by atoms with Crippen LogP contribution in [-0.4, -0.2) is 12.1 Å². The predicted octanol–water partition coefficient (Wildman–Crippen LogP) is 4.41. The lowest BCUT2D eigenvalue weighted by molar-refractivity contribution is 0.394. The first-order chi connectivity index (χ1) is 7.87. The summed E-state index contributed by atoms with van der Waals surface area (Å²) in [5.74, 6) is 0.728. The molecule has 1 nitrogen and oxygen atoms in total. The minimum Gasteiger partial charge on any atom is -0.312 e. The average molecular weight is 298 g/mol. The van der Waals surface area contributed by atoms with Crippen LogP contribution in [0.4, 0.5) is 0 Å². The monoisotopic (exact) mass is 297 g/mol. The van der Waals surface area contributed by atoms with Gasteiger partial charge in [0, 0.05) is 10.0 Å². The van der Waals surface area contributed by atoms with Crippen molar-refractivity contribution in [3.8, 4) is 0 Å². The second kappa shape index (κ2) is 6.55. The van der Waals surface area contributed by atoms with Gasteiger partial charge >= 0.3 is 0 Å². The van der Waals surface area contributed by atoms with Crippen LogP contribution in [0.2, 0.25) is 0 Å². The number of benzene rings is 1. The van der Waals surface area contributed by atoms with E-state index in [0.29, 0.717) is 0 Å². The SMILES string of the molecule is CC(CCNC(C)(C)C)Cc1ccc(Br)cc1. The minimum absolute atomic E-state index is 0.233. The lowest BCUT2D eigenvalue weighted by Crippen LogP contribution is -2.37. The second-order valence-electron chi connectivity index (χ2n) is 5.90. The summed E-state index contributed by atoms with van der Waals surface area (Å²) >= 11 is 3.47. The van der Waals surface area contributed by atoms with Crippen molar-refractivity contribution < 1.29 is 0 Å². The molecule has 0 heterocycles. The molecular formula is C15H24BrN. The largest absolute Gasteiger partial charge is 0.312 e. The van der Waals surface area contributed by atoms with Crippen LogP contribution in [0.5, 0.6) is 0 Å². The van der Waals surface area contributed by atoms with Gasteiger partial charge in [0.15, 0.2) is 0 Å². The van der Waals surface area contributed by atoms with Crippen LogP contribution in [0.1, 0.15) is 39.7 Å². The highest BCUT2D eigenvalue weighted by molar-refractivity contribution is 9.10. The van der Waals surface area contributed by atoms with Crippen LogP contribution < -0.4 is 5.32 Å². The second-order valence-corrected chi connectivity index (χ2v) is 6.82. The maximum atomic E-state index is 3.54. The number of hydrogen-bond donors (Lipinski definition) is 1. The van der Waals surface area contributed by atoms with E-state index < -0.39 is 0 Å². The van der Waals surface area contributed by atoms with Gasteiger partial charge in [0.25, 0.3) is 0 Å². The Kier molecular flexibility index (Phi) is 5.68. The van der Waals surface area contributed by atoms with E-state index in [0.717, 1.165) is 16.9 Å². The van der Waals surface area contributed by atoms with Crippen molar-refractivity contribution in [3.63, 3.8) is 0 Å². The van der Waals surface area contributed by atoms with Gasteiger partial charge in [-0.3, -0.25) is 0 Å². The quantitative estimate of drug-likeness (QED) is 0.849. The van der Waals surface area contributed by atoms with Crippen molar-refractivity contribution in [2.24, 2.45) is 5.92 Å². The van der Waals surface area contributed by atoms with E-state index in [1.807, 2.05) is 0 Å². The molecule has 2 heteroatoms. The molecule has 0 aliphatic rings. The zero-order chi connectivity index (χ0) is 12.9. The van der Waals surface area contributed by atoms with Gasteiger partial charge in [-0.1, -0.05) is 35.0 Å². The van der Waals surface area contributed by atoms with Crippen LogP contribution in [0, 0.1) is 5.92 Å². The van der Waals surface area contributed by atoms with E-state index in [2.05, 4.69) is 73.2 Å². The molecule has 1 aromatic rings. The Morgan fingerprint density at radius 1 is 1.18 bits per heavy atom. The third-order valence-corrected chi connectivity index (χ3v) is 3.32. The molecule has 1 rings (SSSR count). The van der Waals surface area contributed by atoms with Crippen molar-refractivity contribution in [2.75, 3.05) is 6.54 Å². The molecule has 0 saturated carbocycles. The summed E-state index contributed by atoms with van der Waals surface area (Å²) < 4.78 is 1.16. The third-order valence-electron chi connectivity index (χ3n) is 2.79. The molecule has 1 atom stereocenters. The Labute approximate surface area is 114 Å². The summed E-state index contributed by atoms with van der Waals surface area (Å²) in [5, 5.41) is 3.54. The summed E-state index contributed by atoms with van der Waals surface area (Å²) in [7, 11) is 0. The van der Waals surface area contributed by atoms with Gasteiger partial charge < -0.3 is 5.32 Å². The van der Waals surface area contributed by atoms with Crippen LogP contribution >= 0.6 is 15.9 Å². The first kappa shape index (κ1) is 14.7. The standard InChI is InChI=1S/C15H24BrN/c1-12(9-10-17-15(2,3)4)11-13-5-7-14(16)8-6-13/h5-8,12,17H,9-11H2,1-4H3. The molecule has 0 bridgehead atoms. The van der Waals surface area contributed by atoms with Gasteiger partial charge in [-0.25, -0.2) is 0 Å². The highest BCUT2D eigenvalue weighted by atomic mass is 79.9. The molecule has 0 aliphatic heterocycles. The summed E-state index contributed by atoms with van der Waals surface area (Å²) in [6.07, 6.45) is 2.40. The zero-order valence-corrected chi connectivity index (χ0v) is 13.0. The van der Waals surface area contributed by atoms with Gasteiger partial charge in [-0.15, -0.1) is 0 Å². The number of nitrogens with one attached hydrogen (secondary N) is 1. The first-order valence-electron chi connectivity index (χ1n) is 6.36. The maximum absolute atomic E-state index is 3.54. The molecule has 0 spiro atoms. The number of hydrogen-bond acceptors (Lipinski definition) is 1. The maximum Gasteiger partial charge on any atom is 0.0175 e. The molecule has 96 valence electrons. The van der Waals surface area contributed by atoms with Crippen LogP contribution in [0.15, 0.2) is 28.7 Å². The molecule has 0 aliphatic carbocycles. The Morgan fingerprint density at radius 2 is 1.76 bits per heavy atom. The molecule has 0 aromatic heterocycles. The van der Waals surface area contributed by atoms with Crippen molar-refractivity contribution >= 4 is 15.9 Å².